The molecule has 0 heterocycles. The zero-order valence-corrected chi connectivity index (χ0v) is 19.4. The summed E-state index contributed by atoms with van der Waals surface area (Å²) in [6.45, 7) is 4.32. The molecule has 0 saturated carbocycles. The van der Waals surface area contributed by atoms with Gasteiger partial charge in [-0.05, 0) is 37.9 Å². The van der Waals surface area contributed by atoms with E-state index in [0.717, 1.165) is 25.6 Å². The van der Waals surface area contributed by atoms with Gasteiger partial charge in [-0.3, -0.25) is 0 Å². The van der Waals surface area contributed by atoms with Crippen molar-refractivity contribution >= 4 is 18.1 Å². The van der Waals surface area contributed by atoms with Crippen LogP contribution in [0.3, 0.4) is 0 Å². The minimum absolute atomic E-state index is 0.596. The van der Waals surface area contributed by atoms with E-state index in [1.54, 1.807) is 35.5 Å². The molecule has 0 spiro atoms. The summed E-state index contributed by atoms with van der Waals surface area (Å²) in [5.74, 6) is 0. The van der Waals surface area contributed by atoms with E-state index in [-0.39, 0.29) is 0 Å². The minimum Gasteiger partial charge on any atom is -0.400 e. The largest absolute Gasteiger partial charge is 0.500 e. The molecular weight excluding hydrogens is 354 g/mol. The van der Waals surface area contributed by atoms with Gasteiger partial charge in [0.15, 0.2) is 0 Å². The molecule has 0 radical (unpaired) electrons. The Kier molecular flexibility index (Phi) is 16.5. The van der Waals surface area contributed by atoms with Gasteiger partial charge >= 0.3 is 18.1 Å². The normalized spacial score (nSPS) is 13.6. The molecule has 0 aromatic heterocycles. The van der Waals surface area contributed by atoms with Crippen molar-refractivity contribution in [3.63, 3.8) is 0 Å². The zero-order chi connectivity index (χ0) is 19.0. The summed E-state index contributed by atoms with van der Waals surface area (Å²) < 4.78 is 27.1. The number of hydrogen-bond acceptors (Lipinski definition) is 6. The van der Waals surface area contributed by atoms with Gasteiger partial charge < -0.3 is 27.4 Å². The average molecular weight is 396 g/mol. The van der Waals surface area contributed by atoms with Crippen LogP contribution in [0.25, 0.3) is 0 Å². The topological polar surface area (TPSA) is 58.2 Å². The highest BCUT2D eigenvalue weighted by molar-refractivity contribution is 6.60. The molecule has 0 aromatic carbocycles. The third-order valence-electron chi connectivity index (χ3n) is 4.71. The molecular formula is C17H41NO5Si2. The number of hydrogen-bond donors (Lipinski definition) is 1. The van der Waals surface area contributed by atoms with E-state index in [1.165, 1.54) is 38.5 Å². The van der Waals surface area contributed by atoms with E-state index in [9.17, 15) is 0 Å². The van der Waals surface area contributed by atoms with Crippen LogP contribution in [-0.4, -0.2) is 66.7 Å². The fourth-order valence-electron chi connectivity index (χ4n) is 3.05. The maximum absolute atomic E-state index is 5.43. The summed E-state index contributed by atoms with van der Waals surface area (Å²) >= 11 is 0. The van der Waals surface area contributed by atoms with Crippen molar-refractivity contribution in [2.75, 3.05) is 48.6 Å². The molecule has 1 atom stereocenters. The van der Waals surface area contributed by atoms with E-state index in [0.29, 0.717) is 5.54 Å². The van der Waals surface area contributed by atoms with Gasteiger partial charge in [0.2, 0.25) is 0 Å². The van der Waals surface area contributed by atoms with Crippen LogP contribution in [0.2, 0.25) is 11.6 Å². The van der Waals surface area contributed by atoms with Gasteiger partial charge in [0.25, 0.3) is 0 Å². The quantitative estimate of drug-likeness (QED) is 0.284. The van der Waals surface area contributed by atoms with Crippen molar-refractivity contribution in [3.8, 4) is 0 Å². The van der Waals surface area contributed by atoms with Gasteiger partial charge in [0.1, 0.15) is 0 Å². The van der Waals surface area contributed by atoms with Crippen LogP contribution in [0, 0.1) is 0 Å². The summed E-state index contributed by atoms with van der Waals surface area (Å²) in [5.41, 5.74) is 0.596. The highest BCUT2D eigenvalue weighted by Crippen LogP contribution is 2.19. The molecule has 6 nitrogen and oxygen atoms in total. The second-order valence-corrected chi connectivity index (χ2v) is 12.4. The summed E-state index contributed by atoms with van der Waals surface area (Å²) in [6, 6.07) is 0.856. The fraction of sp³-hybridized carbons (Fsp3) is 1.00. The van der Waals surface area contributed by atoms with Gasteiger partial charge in [0, 0.05) is 41.6 Å². The molecule has 0 bridgehead atoms. The molecule has 0 aliphatic heterocycles. The molecule has 0 saturated heterocycles. The second kappa shape index (κ2) is 16.4. The highest BCUT2D eigenvalue weighted by Gasteiger charge is 2.36. The first-order chi connectivity index (χ1) is 12.1. The Bertz CT molecular complexity index is 284. The first-order valence-corrected chi connectivity index (χ1v) is 13.0. The fourth-order valence-corrected chi connectivity index (χ4v) is 6.41. The Labute approximate surface area is 158 Å². The lowest BCUT2D eigenvalue weighted by atomic mass is 10.1. The van der Waals surface area contributed by atoms with E-state index < -0.39 is 18.1 Å². The van der Waals surface area contributed by atoms with Gasteiger partial charge in [0.05, 0.1) is 0 Å². The van der Waals surface area contributed by atoms with Crippen LogP contribution in [0.15, 0.2) is 0 Å². The Morgan fingerprint density at radius 1 is 0.760 bits per heavy atom. The summed E-state index contributed by atoms with van der Waals surface area (Å²) in [6.07, 6.45) is 8.68. The zero-order valence-electron chi connectivity index (χ0n) is 17.3. The molecule has 0 fully saturated rings. The Morgan fingerprint density at radius 2 is 1.28 bits per heavy atom. The van der Waals surface area contributed by atoms with Crippen LogP contribution in [0.5, 0.6) is 0 Å². The molecule has 8 heteroatoms. The SMILES string of the molecule is CO[SiH](OC)C(C)CCCCCCCNCCC[Si](OC)(OC)OC. The van der Waals surface area contributed by atoms with Crippen molar-refractivity contribution in [1.82, 2.24) is 5.32 Å². The monoisotopic (exact) mass is 395 g/mol. The molecule has 25 heavy (non-hydrogen) atoms. The van der Waals surface area contributed by atoms with E-state index >= 15 is 0 Å². The Balaban J connectivity index is 3.45. The Morgan fingerprint density at radius 3 is 1.84 bits per heavy atom. The smallest absolute Gasteiger partial charge is 0.400 e. The van der Waals surface area contributed by atoms with Crippen LogP contribution < -0.4 is 5.32 Å². The highest BCUT2D eigenvalue weighted by atomic mass is 28.4. The van der Waals surface area contributed by atoms with Gasteiger partial charge in [-0.2, -0.15) is 0 Å². The molecule has 1 unspecified atom stereocenters. The van der Waals surface area contributed by atoms with Crippen molar-refractivity contribution < 1.29 is 22.1 Å². The number of nitrogens with one attached hydrogen (secondary N) is 1. The lowest BCUT2D eigenvalue weighted by Gasteiger charge is -2.24. The molecule has 152 valence electrons. The molecule has 0 aliphatic rings. The van der Waals surface area contributed by atoms with Crippen molar-refractivity contribution in [2.24, 2.45) is 0 Å². The first kappa shape index (κ1) is 25.2. The molecule has 0 rings (SSSR count). The van der Waals surface area contributed by atoms with Crippen LogP contribution >= 0.6 is 0 Å². The van der Waals surface area contributed by atoms with Crippen LogP contribution in [0.4, 0.5) is 0 Å². The molecule has 0 aliphatic carbocycles. The lowest BCUT2D eigenvalue weighted by Crippen LogP contribution is -2.43. The van der Waals surface area contributed by atoms with Crippen LogP contribution in [-0.2, 0) is 22.1 Å². The third-order valence-corrected chi connectivity index (χ3v) is 9.74. The average Bonchev–Trinajstić information content (AvgIpc) is 2.64. The predicted octanol–water partition coefficient (Wildman–Crippen LogP) is 3.09. The maximum Gasteiger partial charge on any atom is 0.500 e. The summed E-state index contributed by atoms with van der Waals surface area (Å²) in [7, 11) is 4.73. The van der Waals surface area contributed by atoms with Gasteiger partial charge in [-0.25, -0.2) is 0 Å². The molecule has 1 N–H and O–H groups in total. The van der Waals surface area contributed by atoms with Crippen LogP contribution in [0.1, 0.15) is 51.9 Å². The second-order valence-electron chi connectivity index (χ2n) is 6.52. The van der Waals surface area contributed by atoms with Gasteiger partial charge in [-0.1, -0.05) is 32.6 Å². The van der Waals surface area contributed by atoms with E-state index in [2.05, 4.69) is 12.2 Å². The predicted molar refractivity (Wildman–Crippen MR) is 107 cm³/mol. The van der Waals surface area contributed by atoms with E-state index in [1.807, 2.05) is 0 Å². The van der Waals surface area contributed by atoms with Crippen molar-refractivity contribution in [2.45, 2.75) is 63.5 Å². The third kappa shape index (κ3) is 11.5. The maximum atomic E-state index is 5.43. The lowest BCUT2D eigenvalue weighted by molar-refractivity contribution is 0.123. The van der Waals surface area contributed by atoms with Crippen molar-refractivity contribution in [3.05, 3.63) is 0 Å². The van der Waals surface area contributed by atoms with Gasteiger partial charge in [-0.15, -0.1) is 0 Å². The summed E-state index contributed by atoms with van der Waals surface area (Å²) in [4.78, 5) is 0. The standard InChI is InChI=1S/C17H41NO5Si2/c1-17(24(19-2)20-3)13-10-8-7-9-11-14-18-15-12-16-25(21-4,22-5)23-6/h17-18,24H,7-16H2,1-6H3. The first-order valence-electron chi connectivity index (χ1n) is 9.50. The molecule has 0 amide bonds. The Hall–Kier alpha value is 0.194. The molecule has 0 aromatic rings. The summed E-state index contributed by atoms with van der Waals surface area (Å²) in [5, 5.41) is 3.50. The van der Waals surface area contributed by atoms with Crippen molar-refractivity contribution in [1.29, 1.82) is 0 Å². The number of unbranched alkanes of at least 4 members (excludes halogenated alkanes) is 4. The van der Waals surface area contributed by atoms with E-state index in [4.69, 9.17) is 22.1 Å². The minimum atomic E-state index is -2.39. The number of rotatable bonds is 18.